The number of hydrogen-bond donors (Lipinski definition) is 4. The van der Waals surface area contributed by atoms with E-state index in [1.54, 1.807) is 0 Å². The molecular formula is C10H22N2O4. The molecule has 0 amide bonds. The van der Waals surface area contributed by atoms with Crippen molar-refractivity contribution in [3.8, 4) is 0 Å². The van der Waals surface area contributed by atoms with E-state index in [0.717, 1.165) is 12.8 Å². The van der Waals surface area contributed by atoms with Crippen LogP contribution in [-0.2, 0) is 9.59 Å². The van der Waals surface area contributed by atoms with Gasteiger partial charge in [-0.05, 0) is 38.8 Å². The van der Waals surface area contributed by atoms with E-state index in [-0.39, 0.29) is 12.8 Å². The smallest absolute Gasteiger partial charge is 0.303 e. The predicted molar refractivity (Wildman–Crippen MR) is 61.1 cm³/mol. The average molecular weight is 234 g/mol. The van der Waals surface area contributed by atoms with Gasteiger partial charge >= 0.3 is 11.9 Å². The van der Waals surface area contributed by atoms with Crippen molar-refractivity contribution in [2.45, 2.75) is 38.5 Å². The molecule has 0 unspecified atom stereocenters. The van der Waals surface area contributed by atoms with Gasteiger partial charge in [-0.3, -0.25) is 9.59 Å². The number of unbranched alkanes of at least 4 members (excludes halogenated alkanes) is 2. The molecule has 0 bridgehead atoms. The number of hydrogen-bond acceptors (Lipinski definition) is 4. The monoisotopic (exact) mass is 234 g/mol. The van der Waals surface area contributed by atoms with E-state index in [9.17, 15) is 9.59 Å². The molecule has 0 aliphatic heterocycles. The first-order chi connectivity index (χ1) is 7.54. The lowest BCUT2D eigenvalue weighted by atomic mass is 10.2. The minimum absolute atomic E-state index is 0.247. The molecular weight excluding hydrogens is 212 g/mol. The molecule has 0 saturated carbocycles. The molecule has 0 saturated heterocycles. The van der Waals surface area contributed by atoms with Gasteiger partial charge in [0, 0.05) is 12.8 Å². The third kappa shape index (κ3) is 23.0. The van der Waals surface area contributed by atoms with E-state index in [4.69, 9.17) is 21.7 Å². The minimum Gasteiger partial charge on any atom is -0.481 e. The second-order valence-corrected chi connectivity index (χ2v) is 3.28. The Hall–Kier alpha value is -1.14. The Morgan fingerprint density at radius 1 is 0.750 bits per heavy atom. The summed E-state index contributed by atoms with van der Waals surface area (Å²) in [7, 11) is 0. The molecule has 0 atom stereocenters. The van der Waals surface area contributed by atoms with Crippen molar-refractivity contribution >= 4 is 11.9 Å². The molecule has 0 radical (unpaired) electrons. The highest BCUT2D eigenvalue weighted by Crippen LogP contribution is 1.91. The molecule has 16 heavy (non-hydrogen) atoms. The largest absolute Gasteiger partial charge is 0.481 e. The lowest BCUT2D eigenvalue weighted by Crippen LogP contribution is -2.00. The van der Waals surface area contributed by atoms with Gasteiger partial charge in [-0.15, -0.1) is 0 Å². The van der Waals surface area contributed by atoms with Gasteiger partial charge in [-0.1, -0.05) is 0 Å². The standard InChI is InChI=1S/2C5H11NO2/c2*6-4-2-1-3-5(7)8/h2*1-4,6H2,(H,7,8). The molecule has 6 heteroatoms. The number of nitrogens with two attached hydrogens (primary N) is 2. The molecule has 0 rings (SSSR count). The summed E-state index contributed by atoms with van der Waals surface area (Å²) in [4.78, 5) is 19.7. The van der Waals surface area contributed by atoms with E-state index in [1.807, 2.05) is 0 Å². The summed E-state index contributed by atoms with van der Waals surface area (Å²) in [6, 6.07) is 0. The number of rotatable bonds is 8. The number of carbonyl (C=O) groups is 2. The van der Waals surface area contributed by atoms with Crippen molar-refractivity contribution in [1.29, 1.82) is 0 Å². The molecule has 6 N–H and O–H groups in total. The first-order valence-corrected chi connectivity index (χ1v) is 5.38. The third-order valence-corrected chi connectivity index (χ3v) is 1.69. The predicted octanol–water partition coefficient (Wildman–Crippen LogP) is 0.400. The van der Waals surface area contributed by atoms with E-state index in [2.05, 4.69) is 0 Å². The summed E-state index contributed by atoms with van der Waals surface area (Å²) in [6.07, 6.45) is 3.52. The van der Waals surface area contributed by atoms with E-state index >= 15 is 0 Å². The van der Waals surface area contributed by atoms with Gasteiger partial charge in [-0.2, -0.15) is 0 Å². The molecule has 0 heterocycles. The first kappa shape index (κ1) is 17.3. The molecule has 0 aromatic rings. The van der Waals surface area contributed by atoms with Crippen molar-refractivity contribution in [2.75, 3.05) is 13.1 Å². The van der Waals surface area contributed by atoms with Gasteiger partial charge < -0.3 is 21.7 Å². The van der Waals surface area contributed by atoms with Crippen LogP contribution in [0.15, 0.2) is 0 Å². The fourth-order valence-electron chi connectivity index (χ4n) is 0.841. The summed E-state index contributed by atoms with van der Waals surface area (Å²) in [5, 5.41) is 16.2. The maximum Gasteiger partial charge on any atom is 0.303 e. The Kier molecular flexibility index (Phi) is 15.0. The Bertz CT molecular complexity index is 166. The highest BCUT2D eigenvalue weighted by molar-refractivity contribution is 5.66. The summed E-state index contributed by atoms with van der Waals surface area (Å²) >= 11 is 0. The van der Waals surface area contributed by atoms with E-state index in [1.165, 1.54) is 0 Å². The summed E-state index contributed by atoms with van der Waals surface area (Å²) in [5.74, 6) is -1.48. The van der Waals surface area contributed by atoms with Gasteiger partial charge in [0.1, 0.15) is 0 Å². The van der Waals surface area contributed by atoms with Crippen LogP contribution >= 0.6 is 0 Å². The van der Waals surface area contributed by atoms with Crippen LogP contribution in [0.3, 0.4) is 0 Å². The van der Waals surface area contributed by atoms with Gasteiger partial charge in [0.05, 0.1) is 0 Å². The normalized spacial score (nSPS) is 9.12. The van der Waals surface area contributed by atoms with Gasteiger partial charge in [-0.25, -0.2) is 0 Å². The quantitative estimate of drug-likeness (QED) is 0.450. The van der Waals surface area contributed by atoms with E-state index < -0.39 is 11.9 Å². The van der Waals surface area contributed by atoms with Crippen LogP contribution in [0.4, 0.5) is 0 Å². The van der Waals surface area contributed by atoms with Crippen molar-refractivity contribution in [3.05, 3.63) is 0 Å². The highest BCUT2D eigenvalue weighted by Gasteiger charge is 1.93. The van der Waals surface area contributed by atoms with Crippen molar-refractivity contribution in [2.24, 2.45) is 11.5 Å². The Morgan fingerprint density at radius 2 is 1.06 bits per heavy atom. The molecule has 0 spiro atoms. The fourth-order valence-corrected chi connectivity index (χ4v) is 0.841. The van der Waals surface area contributed by atoms with Crippen LogP contribution in [0.2, 0.25) is 0 Å². The third-order valence-electron chi connectivity index (χ3n) is 1.69. The van der Waals surface area contributed by atoms with Crippen LogP contribution < -0.4 is 11.5 Å². The van der Waals surface area contributed by atoms with Crippen LogP contribution in [0.1, 0.15) is 38.5 Å². The number of carboxylic acid groups (broad SMARTS) is 2. The zero-order valence-electron chi connectivity index (χ0n) is 9.52. The number of carboxylic acids is 2. The van der Waals surface area contributed by atoms with Crippen molar-refractivity contribution < 1.29 is 19.8 Å². The van der Waals surface area contributed by atoms with Gasteiger partial charge in [0.25, 0.3) is 0 Å². The van der Waals surface area contributed by atoms with Crippen LogP contribution in [0.25, 0.3) is 0 Å². The zero-order chi connectivity index (χ0) is 12.8. The Morgan fingerprint density at radius 3 is 1.25 bits per heavy atom. The van der Waals surface area contributed by atoms with Crippen LogP contribution in [0, 0.1) is 0 Å². The summed E-state index contributed by atoms with van der Waals surface area (Å²) in [5.41, 5.74) is 10.2. The topological polar surface area (TPSA) is 127 Å². The maximum absolute atomic E-state index is 9.83. The van der Waals surface area contributed by atoms with Gasteiger partial charge in [0.2, 0.25) is 0 Å². The van der Waals surface area contributed by atoms with E-state index in [0.29, 0.717) is 25.9 Å². The second-order valence-electron chi connectivity index (χ2n) is 3.28. The molecule has 6 nitrogen and oxygen atoms in total. The zero-order valence-corrected chi connectivity index (χ0v) is 9.52. The maximum atomic E-state index is 9.83. The van der Waals surface area contributed by atoms with Crippen molar-refractivity contribution in [3.63, 3.8) is 0 Å². The van der Waals surface area contributed by atoms with Crippen molar-refractivity contribution in [1.82, 2.24) is 0 Å². The molecule has 96 valence electrons. The lowest BCUT2D eigenvalue weighted by molar-refractivity contribution is -0.138. The summed E-state index contributed by atoms with van der Waals surface area (Å²) < 4.78 is 0. The minimum atomic E-state index is -0.738. The molecule has 0 fully saturated rings. The lowest BCUT2D eigenvalue weighted by Gasteiger charge is -1.90. The Labute approximate surface area is 95.6 Å². The fraction of sp³-hybridized carbons (Fsp3) is 0.800. The van der Waals surface area contributed by atoms with Crippen LogP contribution in [0.5, 0.6) is 0 Å². The molecule has 0 aromatic heterocycles. The molecule has 0 aromatic carbocycles. The number of aliphatic carboxylic acids is 2. The molecule has 0 aliphatic carbocycles. The first-order valence-electron chi connectivity index (χ1n) is 5.38. The summed E-state index contributed by atoms with van der Waals surface area (Å²) in [6.45, 7) is 1.18. The SMILES string of the molecule is NCCCCC(=O)O.NCCCCC(=O)O. The second kappa shape index (κ2) is 13.9. The highest BCUT2D eigenvalue weighted by atomic mass is 16.4. The Balaban J connectivity index is 0. The molecule has 0 aliphatic rings. The van der Waals surface area contributed by atoms with Gasteiger partial charge in [0.15, 0.2) is 0 Å². The average Bonchev–Trinajstić information content (AvgIpc) is 2.18. The van der Waals surface area contributed by atoms with Crippen LogP contribution in [-0.4, -0.2) is 35.2 Å².